The lowest BCUT2D eigenvalue weighted by molar-refractivity contribution is -0.113. The standard InChI is InChI=1S/C24H21N3O4S3/c1-3-31-23(30)20-14(2)19(21(29)25-15-9-5-4-6-10-15)22(34-20)27-18(28)13-32-24-26-16-11-7-8-12-17(16)33-24/h4-12H,3,13H2,1-2H3,(H,25,29)(H,27,28). The zero-order valence-corrected chi connectivity index (χ0v) is 20.9. The molecule has 174 valence electrons. The lowest BCUT2D eigenvalue weighted by Gasteiger charge is -2.08. The number of amides is 2. The number of aromatic nitrogens is 1. The summed E-state index contributed by atoms with van der Waals surface area (Å²) >= 11 is 3.88. The predicted molar refractivity (Wildman–Crippen MR) is 138 cm³/mol. The molecule has 7 nitrogen and oxygen atoms in total. The van der Waals surface area contributed by atoms with Crippen LogP contribution >= 0.6 is 34.4 Å². The average molecular weight is 512 g/mol. The van der Waals surface area contributed by atoms with Crippen LogP contribution in [0, 0.1) is 6.92 Å². The van der Waals surface area contributed by atoms with E-state index in [-0.39, 0.29) is 28.7 Å². The summed E-state index contributed by atoms with van der Waals surface area (Å²) in [5, 5.41) is 5.94. The Balaban J connectivity index is 1.53. The topological polar surface area (TPSA) is 97.4 Å². The number of anilines is 2. The van der Waals surface area contributed by atoms with Crippen LogP contribution in [-0.2, 0) is 9.53 Å². The quantitative estimate of drug-likeness (QED) is 0.228. The molecule has 2 aromatic carbocycles. The third-order valence-corrected chi connectivity index (χ3v) is 8.09. The van der Waals surface area contributed by atoms with Gasteiger partial charge in [-0.15, -0.1) is 22.7 Å². The summed E-state index contributed by atoms with van der Waals surface area (Å²) in [6.07, 6.45) is 0. The molecule has 0 fully saturated rings. The molecule has 2 heterocycles. The molecule has 4 rings (SSSR count). The number of esters is 1. The summed E-state index contributed by atoms with van der Waals surface area (Å²) in [6.45, 7) is 3.60. The first-order valence-corrected chi connectivity index (χ1v) is 13.0. The third kappa shape index (κ3) is 5.46. The largest absolute Gasteiger partial charge is 0.462 e. The normalized spacial score (nSPS) is 10.8. The highest BCUT2D eigenvalue weighted by Gasteiger charge is 2.26. The number of hydrogen-bond donors (Lipinski definition) is 2. The number of benzene rings is 2. The van der Waals surface area contributed by atoms with Gasteiger partial charge in [0.25, 0.3) is 5.91 Å². The van der Waals surface area contributed by atoms with Crippen LogP contribution in [0.2, 0.25) is 0 Å². The molecule has 4 aromatic rings. The van der Waals surface area contributed by atoms with Crippen LogP contribution in [-0.4, -0.2) is 35.1 Å². The number of nitrogens with zero attached hydrogens (tertiary/aromatic N) is 1. The van der Waals surface area contributed by atoms with E-state index in [0.29, 0.717) is 16.3 Å². The van der Waals surface area contributed by atoms with E-state index >= 15 is 0 Å². The Morgan fingerprint density at radius 1 is 1.00 bits per heavy atom. The number of para-hydroxylation sites is 2. The van der Waals surface area contributed by atoms with Crippen molar-refractivity contribution in [2.75, 3.05) is 23.0 Å². The van der Waals surface area contributed by atoms with Crippen LogP contribution in [0.1, 0.15) is 32.5 Å². The van der Waals surface area contributed by atoms with Crippen LogP contribution in [0.15, 0.2) is 58.9 Å². The fourth-order valence-corrected chi connectivity index (χ4v) is 6.17. The van der Waals surface area contributed by atoms with Crippen LogP contribution in [0.3, 0.4) is 0 Å². The van der Waals surface area contributed by atoms with Crippen LogP contribution in [0.4, 0.5) is 10.7 Å². The Morgan fingerprint density at radius 2 is 1.74 bits per heavy atom. The van der Waals surface area contributed by atoms with Crippen molar-refractivity contribution < 1.29 is 19.1 Å². The molecule has 2 aromatic heterocycles. The maximum Gasteiger partial charge on any atom is 0.348 e. The van der Waals surface area contributed by atoms with Gasteiger partial charge in [0, 0.05) is 5.69 Å². The van der Waals surface area contributed by atoms with Gasteiger partial charge in [0.1, 0.15) is 9.88 Å². The Kier molecular flexibility index (Phi) is 7.61. The Morgan fingerprint density at radius 3 is 2.47 bits per heavy atom. The van der Waals surface area contributed by atoms with Gasteiger partial charge >= 0.3 is 5.97 Å². The maximum atomic E-state index is 13.1. The minimum Gasteiger partial charge on any atom is -0.462 e. The van der Waals surface area contributed by atoms with Gasteiger partial charge < -0.3 is 15.4 Å². The Hall–Kier alpha value is -3.21. The monoisotopic (exact) mass is 511 g/mol. The molecule has 0 bridgehead atoms. The van der Waals surface area contributed by atoms with Gasteiger partial charge in [0.2, 0.25) is 5.91 Å². The Bertz CT molecular complexity index is 1320. The fraction of sp³-hybridized carbons (Fsp3) is 0.167. The van der Waals surface area contributed by atoms with Crippen LogP contribution in [0.25, 0.3) is 10.2 Å². The van der Waals surface area contributed by atoms with E-state index in [1.807, 2.05) is 42.5 Å². The first-order chi connectivity index (χ1) is 16.5. The average Bonchev–Trinajstić information content (AvgIpc) is 3.39. The van der Waals surface area contributed by atoms with Gasteiger partial charge in [0.15, 0.2) is 4.34 Å². The van der Waals surface area contributed by atoms with Crippen molar-refractivity contribution in [3.05, 3.63) is 70.6 Å². The van der Waals surface area contributed by atoms with Crippen molar-refractivity contribution in [2.24, 2.45) is 0 Å². The molecule has 34 heavy (non-hydrogen) atoms. The molecule has 0 aliphatic heterocycles. The van der Waals surface area contributed by atoms with E-state index < -0.39 is 11.9 Å². The molecule has 10 heteroatoms. The van der Waals surface area contributed by atoms with Gasteiger partial charge in [-0.25, -0.2) is 9.78 Å². The minimum absolute atomic E-state index is 0.116. The number of thioether (sulfide) groups is 1. The second-order valence-corrected chi connectivity index (χ2v) is 10.4. The number of hydrogen-bond acceptors (Lipinski definition) is 8. The van der Waals surface area contributed by atoms with Gasteiger partial charge in [-0.2, -0.15) is 0 Å². The molecule has 0 atom stereocenters. The number of ether oxygens (including phenoxy) is 1. The number of carbonyl (C=O) groups is 3. The molecular weight excluding hydrogens is 490 g/mol. The van der Waals surface area contributed by atoms with Gasteiger partial charge in [0.05, 0.1) is 28.1 Å². The number of thiophene rings is 1. The van der Waals surface area contributed by atoms with Crippen molar-refractivity contribution in [3.8, 4) is 0 Å². The van der Waals surface area contributed by atoms with Gasteiger partial charge in [-0.1, -0.05) is 42.1 Å². The number of rotatable bonds is 8. The molecule has 2 N–H and O–H groups in total. The maximum absolute atomic E-state index is 13.1. The van der Waals surface area contributed by atoms with Crippen molar-refractivity contribution in [1.29, 1.82) is 0 Å². The fourth-order valence-electron chi connectivity index (χ4n) is 3.18. The van der Waals surface area contributed by atoms with Crippen molar-refractivity contribution in [3.63, 3.8) is 0 Å². The van der Waals surface area contributed by atoms with E-state index in [2.05, 4.69) is 15.6 Å². The molecular formula is C24H21N3O4S3. The molecule has 0 unspecified atom stereocenters. The van der Waals surface area contributed by atoms with E-state index in [4.69, 9.17) is 4.74 Å². The zero-order valence-electron chi connectivity index (χ0n) is 18.4. The minimum atomic E-state index is -0.525. The van der Waals surface area contributed by atoms with Crippen LogP contribution < -0.4 is 10.6 Å². The first kappa shape index (κ1) is 23.9. The summed E-state index contributed by atoms with van der Waals surface area (Å²) in [6, 6.07) is 16.8. The second kappa shape index (κ2) is 10.8. The summed E-state index contributed by atoms with van der Waals surface area (Å²) < 4.78 is 6.97. The molecule has 2 amide bonds. The number of carbonyl (C=O) groups excluding carboxylic acids is 3. The van der Waals surface area contributed by atoms with Crippen molar-refractivity contribution >= 4 is 73.1 Å². The predicted octanol–water partition coefficient (Wildman–Crippen LogP) is 5.83. The lowest BCUT2D eigenvalue weighted by atomic mass is 10.1. The van der Waals surface area contributed by atoms with Crippen molar-refractivity contribution in [2.45, 2.75) is 18.2 Å². The summed E-state index contributed by atoms with van der Waals surface area (Å²) in [5.74, 6) is -1.12. The highest BCUT2D eigenvalue weighted by molar-refractivity contribution is 8.01. The Labute approximate surface area is 208 Å². The number of nitrogens with one attached hydrogen (secondary N) is 2. The highest BCUT2D eigenvalue weighted by Crippen LogP contribution is 2.35. The van der Waals surface area contributed by atoms with Gasteiger partial charge in [-0.05, 0) is 43.7 Å². The van der Waals surface area contributed by atoms with E-state index in [9.17, 15) is 14.4 Å². The number of fused-ring (bicyclic) bond motifs is 1. The third-order valence-electron chi connectivity index (χ3n) is 4.72. The SMILES string of the molecule is CCOC(=O)c1sc(NC(=O)CSc2nc3ccccc3s2)c(C(=O)Nc2ccccc2)c1C. The molecule has 0 aliphatic carbocycles. The van der Waals surface area contributed by atoms with Gasteiger partial charge in [-0.3, -0.25) is 9.59 Å². The first-order valence-electron chi connectivity index (χ1n) is 10.4. The zero-order chi connectivity index (χ0) is 24.1. The highest BCUT2D eigenvalue weighted by atomic mass is 32.2. The lowest BCUT2D eigenvalue weighted by Crippen LogP contribution is -2.18. The molecule has 0 saturated carbocycles. The second-order valence-electron chi connectivity index (χ2n) is 7.09. The van der Waals surface area contributed by atoms with E-state index in [1.165, 1.54) is 23.1 Å². The summed E-state index contributed by atoms with van der Waals surface area (Å²) in [5.41, 5.74) is 2.21. The van der Waals surface area contributed by atoms with E-state index in [1.54, 1.807) is 26.0 Å². The smallest absolute Gasteiger partial charge is 0.348 e. The molecule has 0 saturated heterocycles. The van der Waals surface area contributed by atoms with Crippen molar-refractivity contribution in [1.82, 2.24) is 4.98 Å². The molecule has 0 radical (unpaired) electrons. The molecule has 0 aliphatic rings. The van der Waals surface area contributed by atoms with Crippen LogP contribution in [0.5, 0.6) is 0 Å². The molecule has 0 spiro atoms. The number of thiazole rings is 1. The summed E-state index contributed by atoms with van der Waals surface area (Å²) in [4.78, 5) is 43.1. The van der Waals surface area contributed by atoms with E-state index in [0.717, 1.165) is 25.9 Å². The summed E-state index contributed by atoms with van der Waals surface area (Å²) in [7, 11) is 0.